The monoisotopic (exact) mass is 322 g/mol. The lowest BCUT2D eigenvalue weighted by Gasteiger charge is -2.35. The molecule has 0 aromatic heterocycles. The van der Waals surface area contributed by atoms with Gasteiger partial charge in [-0.3, -0.25) is 0 Å². The van der Waals surface area contributed by atoms with Gasteiger partial charge in [-0.1, -0.05) is 27.7 Å². The third-order valence-electron chi connectivity index (χ3n) is 4.91. The van der Waals surface area contributed by atoms with Crippen molar-refractivity contribution >= 4 is 6.16 Å². The minimum atomic E-state index is -1.54. The molecule has 0 aliphatic carbocycles. The van der Waals surface area contributed by atoms with Crippen molar-refractivity contribution < 1.29 is 34.7 Å². The molecule has 0 aromatic carbocycles. The molecule has 0 fully saturated rings. The first-order chi connectivity index (χ1) is 10.3. The van der Waals surface area contributed by atoms with Crippen molar-refractivity contribution in [2.75, 3.05) is 13.2 Å². The maximum atomic E-state index is 11.7. The van der Waals surface area contributed by atoms with Crippen molar-refractivity contribution in [3.8, 4) is 0 Å². The highest BCUT2D eigenvalue weighted by molar-refractivity contribution is 5.60. The highest BCUT2D eigenvalue weighted by Gasteiger charge is 2.40. The smallest absolute Gasteiger partial charge is 0.404 e. The normalized spacial score (nSPS) is 15.3. The Hall–Kier alpha value is -0.890. The summed E-state index contributed by atoms with van der Waals surface area (Å²) in [4.78, 5) is 11.7. The molecule has 0 saturated heterocycles. The molecule has 0 bridgehead atoms. The van der Waals surface area contributed by atoms with Crippen molar-refractivity contribution in [2.45, 2.75) is 66.0 Å². The van der Waals surface area contributed by atoms with Gasteiger partial charge in [0.05, 0.1) is 24.0 Å². The van der Waals surface area contributed by atoms with Crippen molar-refractivity contribution in [1.82, 2.24) is 0 Å². The summed E-state index contributed by atoms with van der Waals surface area (Å²) < 4.78 is 9.56. The Morgan fingerprint density at radius 1 is 0.818 bits per heavy atom. The Morgan fingerprint density at radius 3 is 1.27 bits per heavy atom. The van der Waals surface area contributed by atoms with Crippen LogP contribution in [0.25, 0.3) is 0 Å². The summed E-state index contributed by atoms with van der Waals surface area (Å²) in [5.74, 6) is 0. The van der Waals surface area contributed by atoms with E-state index in [2.05, 4.69) is 0 Å². The number of carbonyl (C=O) groups excluding carboxylic acids is 1. The predicted molar refractivity (Wildman–Crippen MR) is 79.8 cm³/mol. The molecule has 7 nitrogen and oxygen atoms in total. The summed E-state index contributed by atoms with van der Waals surface area (Å²) in [5.41, 5.74) is -1.93. The fourth-order valence-electron chi connectivity index (χ4n) is 2.26. The van der Waals surface area contributed by atoms with Gasteiger partial charge in [-0.2, -0.15) is 0 Å². The number of aliphatic hydroxyl groups excluding tert-OH is 4. The van der Waals surface area contributed by atoms with Crippen molar-refractivity contribution in [1.29, 1.82) is 0 Å². The van der Waals surface area contributed by atoms with E-state index in [0.29, 0.717) is 25.7 Å². The molecule has 7 heteroatoms. The zero-order valence-electron chi connectivity index (χ0n) is 13.9. The first-order valence-corrected chi connectivity index (χ1v) is 7.76. The standard InChI is InChI=1S/C15H30O7/c1-5-14(6-2,9-16)11(18)21-13(20)22-12(19)15(7-3,8-4)10-17/h11-12,16-19H,5-10H2,1-4H3. The molecule has 0 aromatic rings. The maximum absolute atomic E-state index is 11.7. The Bertz CT molecular complexity index is 277. The topological polar surface area (TPSA) is 116 Å². The van der Waals surface area contributed by atoms with Crippen LogP contribution in [0.3, 0.4) is 0 Å². The van der Waals surface area contributed by atoms with E-state index in [-0.39, 0.29) is 13.2 Å². The lowest BCUT2D eigenvalue weighted by Crippen LogP contribution is -2.44. The fraction of sp³-hybridized carbons (Fsp3) is 0.933. The minimum Gasteiger partial charge on any atom is -0.404 e. The lowest BCUT2D eigenvalue weighted by atomic mass is 9.82. The Balaban J connectivity index is 4.81. The predicted octanol–water partition coefficient (Wildman–Crippen LogP) is 1.37. The Labute approximate surface area is 131 Å². The second-order valence-electron chi connectivity index (χ2n) is 5.65. The molecule has 132 valence electrons. The van der Waals surface area contributed by atoms with Crippen LogP contribution < -0.4 is 0 Å². The highest BCUT2D eigenvalue weighted by atomic mass is 16.8. The van der Waals surface area contributed by atoms with Crippen LogP contribution in [-0.4, -0.2) is 52.4 Å². The van der Waals surface area contributed by atoms with Crippen molar-refractivity contribution in [3.05, 3.63) is 0 Å². The SMILES string of the molecule is CCC(CC)(CO)C(O)OC(=O)OC(O)C(CC)(CC)CO. The van der Waals surface area contributed by atoms with E-state index in [1.54, 1.807) is 27.7 Å². The molecule has 0 rings (SSSR count). The van der Waals surface area contributed by atoms with Crippen LogP contribution >= 0.6 is 0 Å². The summed E-state index contributed by atoms with van der Waals surface area (Å²) in [6.45, 7) is 6.35. The molecule has 0 radical (unpaired) electrons. The molecule has 0 heterocycles. The van der Waals surface area contributed by atoms with Crippen molar-refractivity contribution in [3.63, 3.8) is 0 Å². The van der Waals surface area contributed by atoms with Gasteiger partial charge in [0, 0.05) is 0 Å². The van der Waals surface area contributed by atoms with Crippen LogP contribution in [0.2, 0.25) is 0 Å². The number of carbonyl (C=O) groups is 1. The van der Waals surface area contributed by atoms with E-state index in [9.17, 15) is 25.2 Å². The van der Waals surface area contributed by atoms with E-state index < -0.39 is 29.6 Å². The Kier molecular flexibility index (Phi) is 8.92. The molecular weight excluding hydrogens is 292 g/mol. The number of hydrogen-bond acceptors (Lipinski definition) is 7. The van der Waals surface area contributed by atoms with Gasteiger partial charge >= 0.3 is 6.16 Å². The summed E-state index contributed by atoms with van der Waals surface area (Å²) in [6, 6.07) is 0. The van der Waals surface area contributed by atoms with Crippen molar-refractivity contribution in [2.24, 2.45) is 10.8 Å². The molecule has 2 atom stereocenters. The zero-order valence-corrected chi connectivity index (χ0v) is 13.9. The van der Waals surface area contributed by atoms with E-state index in [4.69, 9.17) is 9.47 Å². The summed E-state index contributed by atoms with van der Waals surface area (Å²) in [5, 5.41) is 38.8. The molecular formula is C15H30O7. The average molecular weight is 322 g/mol. The minimum absolute atomic E-state index is 0.346. The molecule has 0 saturated carbocycles. The van der Waals surface area contributed by atoms with Crippen LogP contribution in [0.5, 0.6) is 0 Å². The first kappa shape index (κ1) is 21.1. The van der Waals surface area contributed by atoms with E-state index >= 15 is 0 Å². The van der Waals surface area contributed by atoms with Crippen LogP contribution in [0.1, 0.15) is 53.4 Å². The third-order valence-corrected chi connectivity index (χ3v) is 4.91. The average Bonchev–Trinajstić information content (AvgIpc) is 2.51. The fourth-order valence-corrected chi connectivity index (χ4v) is 2.26. The summed E-state index contributed by atoms with van der Waals surface area (Å²) >= 11 is 0. The van der Waals surface area contributed by atoms with Gasteiger partial charge in [-0.05, 0) is 25.7 Å². The van der Waals surface area contributed by atoms with Crippen LogP contribution in [0.4, 0.5) is 4.79 Å². The molecule has 22 heavy (non-hydrogen) atoms. The van der Waals surface area contributed by atoms with Gasteiger partial charge in [0.2, 0.25) is 12.6 Å². The molecule has 0 aliphatic heterocycles. The summed E-state index contributed by atoms with van der Waals surface area (Å²) in [7, 11) is 0. The van der Waals surface area contributed by atoms with Crippen LogP contribution in [0, 0.1) is 10.8 Å². The Morgan fingerprint density at radius 2 is 1.09 bits per heavy atom. The van der Waals surface area contributed by atoms with Crippen LogP contribution in [-0.2, 0) is 9.47 Å². The zero-order chi connectivity index (χ0) is 17.4. The molecule has 2 unspecified atom stereocenters. The maximum Gasteiger partial charge on any atom is 0.512 e. The molecule has 0 aliphatic rings. The van der Waals surface area contributed by atoms with E-state index in [0.717, 1.165) is 0 Å². The first-order valence-electron chi connectivity index (χ1n) is 7.76. The number of ether oxygens (including phenoxy) is 2. The highest BCUT2D eigenvalue weighted by Crippen LogP contribution is 2.33. The van der Waals surface area contributed by atoms with Gasteiger partial charge in [-0.15, -0.1) is 0 Å². The third kappa shape index (κ3) is 4.55. The van der Waals surface area contributed by atoms with E-state index in [1.165, 1.54) is 0 Å². The number of rotatable bonds is 10. The molecule has 0 amide bonds. The quantitative estimate of drug-likeness (QED) is 0.354. The van der Waals surface area contributed by atoms with Gasteiger partial charge in [0.1, 0.15) is 0 Å². The largest absolute Gasteiger partial charge is 0.512 e. The van der Waals surface area contributed by atoms with Gasteiger partial charge in [-0.25, -0.2) is 4.79 Å². The van der Waals surface area contributed by atoms with E-state index in [1.807, 2.05) is 0 Å². The number of aliphatic hydroxyl groups is 4. The lowest BCUT2D eigenvalue weighted by molar-refractivity contribution is -0.207. The summed E-state index contributed by atoms with van der Waals surface area (Å²) in [6.07, 6.45) is -2.70. The second kappa shape index (κ2) is 9.29. The van der Waals surface area contributed by atoms with Gasteiger partial charge < -0.3 is 29.9 Å². The second-order valence-corrected chi connectivity index (χ2v) is 5.65. The molecule has 4 N–H and O–H groups in total. The van der Waals surface area contributed by atoms with Gasteiger partial charge in [0.25, 0.3) is 0 Å². The molecule has 0 spiro atoms. The van der Waals surface area contributed by atoms with Gasteiger partial charge in [0.15, 0.2) is 0 Å². The van der Waals surface area contributed by atoms with Crippen LogP contribution in [0.15, 0.2) is 0 Å². The number of hydrogen-bond donors (Lipinski definition) is 4.